The highest BCUT2D eigenvalue weighted by Gasteiger charge is 2.17. The number of hydrogen-bond donors (Lipinski definition) is 2. The molecule has 0 saturated heterocycles. The highest BCUT2D eigenvalue weighted by Crippen LogP contribution is 2.14. The predicted octanol–water partition coefficient (Wildman–Crippen LogP) is -0.881. The van der Waals surface area contributed by atoms with Crippen molar-refractivity contribution in [1.29, 1.82) is 0 Å². The third kappa shape index (κ3) is 7.32. The van der Waals surface area contributed by atoms with Crippen LogP contribution in [-0.4, -0.2) is 72.3 Å². The van der Waals surface area contributed by atoms with Crippen molar-refractivity contribution in [1.82, 2.24) is 15.2 Å². The second-order valence-electron chi connectivity index (χ2n) is 5.05. The second kappa shape index (κ2) is 10.9. The maximum Gasteiger partial charge on any atom is 0.323 e. The van der Waals surface area contributed by atoms with Gasteiger partial charge in [0.05, 0.1) is 6.61 Å². The second-order valence-corrected chi connectivity index (χ2v) is 5.05. The monoisotopic (exact) mass is 316 g/mol. The van der Waals surface area contributed by atoms with Crippen molar-refractivity contribution < 1.29 is 20.9 Å². The van der Waals surface area contributed by atoms with E-state index in [0.29, 0.717) is 12.4 Å². The lowest BCUT2D eigenvalue weighted by atomic mass is 10.2. The first kappa shape index (κ1) is 22.5. The van der Waals surface area contributed by atoms with Gasteiger partial charge in [-0.1, -0.05) is 0 Å². The number of hydrogen-bond acceptors (Lipinski definition) is 4. The smallest absolute Gasteiger partial charge is 0.323 e. The third-order valence-corrected chi connectivity index (χ3v) is 2.76. The van der Waals surface area contributed by atoms with Crippen molar-refractivity contribution in [2.45, 2.75) is 13.8 Å². The Morgan fingerprint density at radius 1 is 1.23 bits per heavy atom. The van der Waals surface area contributed by atoms with E-state index in [1.807, 2.05) is 45.0 Å². The lowest BCUT2D eigenvalue weighted by Crippen LogP contribution is -2.44. The van der Waals surface area contributed by atoms with Crippen molar-refractivity contribution in [3.63, 3.8) is 0 Å². The molecule has 22 heavy (non-hydrogen) atoms. The first-order valence-electron chi connectivity index (χ1n) is 6.70. The van der Waals surface area contributed by atoms with E-state index >= 15 is 0 Å². The molecule has 1 rings (SSSR count). The summed E-state index contributed by atoms with van der Waals surface area (Å²) >= 11 is 0. The van der Waals surface area contributed by atoms with Crippen LogP contribution < -0.4 is 10.2 Å². The molecule has 0 radical (unpaired) electrons. The van der Waals surface area contributed by atoms with Crippen LogP contribution in [0.1, 0.15) is 11.3 Å². The predicted molar refractivity (Wildman–Crippen MR) is 87.3 cm³/mol. The zero-order valence-electron chi connectivity index (χ0n) is 13.7. The number of likely N-dealkylation sites (N-methyl/N-ethyl adjacent to an activating group) is 1. The van der Waals surface area contributed by atoms with E-state index in [0.717, 1.165) is 17.8 Å². The number of aliphatic hydroxyl groups is 1. The van der Waals surface area contributed by atoms with Gasteiger partial charge >= 0.3 is 6.03 Å². The fraction of sp³-hybridized carbons (Fsp3) is 0.571. The number of amides is 2. The quantitative estimate of drug-likeness (QED) is 0.705. The maximum atomic E-state index is 12.2. The maximum absolute atomic E-state index is 12.2. The summed E-state index contributed by atoms with van der Waals surface area (Å²) in [6.07, 6.45) is 0. The Bertz CT molecular complexity index is 434. The zero-order chi connectivity index (χ0) is 15.1. The highest BCUT2D eigenvalue weighted by atomic mass is 16.3. The summed E-state index contributed by atoms with van der Waals surface area (Å²) in [5.74, 6) is 0.639. The van der Waals surface area contributed by atoms with Gasteiger partial charge in [0.15, 0.2) is 0 Å². The van der Waals surface area contributed by atoms with E-state index in [2.05, 4.69) is 10.3 Å². The third-order valence-electron chi connectivity index (χ3n) is 2.76. The molecule has 8 nitrogen and oxygen atoms in total. The highest BCUT2D eigenvalue weighted by molar-refractivity contribution is 5.91. The molecule has 0 bridgehead atoms. The molecular weight excluding hydrogens is 288 g/mol. The van der Waals surface area contributed by atoms with Crippen LogP contribution in [0.25, 0.3) is 0 Å². The minimum atomic E-state index is -0.238. The van der Waals surface area contributed by atoms with Crippen molar-refractivity contribution >= 4 is 11.8 Å². The first-order valence-corrected chi connectivity index (χ1v) is 6.70. The summed E-state index contributed by atoms with van der Waals surface area (Å²) in [5, 5.41) is 11.5. The zero-order valence-corrected chi connectivity index (χ0v) is 13.7. The van der Waals surface area contributed by atoms with Gasteiger partial charge in [-0.2, -0.15) is 0 Å². The molecule has 8 heteroatoms. The summed E-state index contributed by atoms with van der Waals surface area (Å²) in [6, 6.07) is 3.62. The summed E-state index contributed by atoms with van der Waals surface area (Å²) in [5.41, 5.74) is 1.95. The van der Waals surface area contributed by atoms with E-state index in [-0.39, 0.29) is 30.1 Å². The number of carbonyl (C=O) groups is 1. The van der Waals surface area contributed by atoms with E-state index in [4.69, 9.17) is 5.11 Å². The Balaban J connectivity index is 0. The van der Waals surface area contributed by atoms with E-state index in [1.54, 1.807) is 4.90 Å². The van der Waals surface area contributed by atoms with Gasteiger partial charge in [0.25, 0.3) is 0 Å². The number of nitrogens with one attached hydrogen (secondary N) is 1. The van der Waals surface area contributed by atoms with Gasteiger partial charge < -0.3 is 26.3 Å². The molecule has 1 heterocycles. The SMILES string of the molecule is Cc1cc(C)nc(N(CCN(C)C)C(=O)NCCO)c1.O.O. The molecule has 0 fully saturated rings. The van der Waals surface area contributed by atoms with Gasteiger partial charge in [-0.25, -0.2) is 9.78 Å². The van der Waals surface area contributed by atoms with E-state index in [1.165, 1.54) is 0 Å². The summed E-state index contributed by atoms with van der Waals surface area (Å²) < 4.78 is 0. The molecule has 0 atom stereocenters. The standard InChI is InChI=1S/C14H24N4O2.2H2O/c1-11-9-12(2)16-13(10-11)18(7-6-17(3)4)14(20)15-5-8-19;;/h9-10,19H,5-8H2,1-4H3,(H,15,20);2*1H2. The summed E-state index contributed by atoms with van der Waals surface area (Å²) in [7, 11) is 3.91. The minimum Gasteiger partial charge on any atom is -0.412 e. The van der Waals surface area contributed by atoms with Gasteiger partial charge in [0.1, 0.15) is 5.82 Å². The van der Waals surface area contributed by atoms with Gasteiger partial charge in [0, 0.05) is 25.3 Å². The Morgan fingerprint density at radius 2 is 1.86 bits per heavy atom. The van der Waals surface area contributed by atoms with Crippen molar-refractivity contribution in [2.24, 2.45) is 0 Å². The van der Waals surface area contributed by atoms with Gasteiger partial charge in [-0.3, -0.25) is 4.90 Å². The van der Waals surface area contributed by atoms with Crippen LogP contribution in [-0.2, 0) is 0 Å². The molecule has 0 aliphatic rings. The number of aliphatic hydroxyl groups excluding tert-OH is 1. The van der Waals surface area contributed by atoms with Crippen LogP contribution in [0.3, 0.4) is 0 Å². The number of aromatic nitrogens is 1. The molecule has 1 aromatic heterocycles. The number of carbonyl (C=O) groups excluding carboxylic acids is 1. The summed E-state index contributed by atoms with van der Waals surface area (Å²) in [4.78, 5) is 20.2. The Hall–Kier alpha value is -1.74. The van der Waals surface area contributed by atoms with E-state index < -0.39 is 0 Å². The molecule has 2 amide bonds. The van der Waals surface area contributed by atoms with E-state index in [9.17, 15) is 4.79 Å². The number of aryl methyl sites for hydroxylation is 2. The van der Waals surface area contributed by atoms with Crippen LogP contribution in [0, 0.1) is 13.8 Å². The fourth-order valence-corrected chi connectivity index (χ4v) is 1.84. The normalized spacial score (nSPS) is 9.73. The number of nitrogens with zero attached hydrogens (tertiary/aromatic N) is 3. The minimum absolute atomic E-state index is 0. The Kier molecular flexibility index (Phi) is 11.2. The van der Waals surface area contributed by atoms with Crippen LogP contribution in [0.4, 0.5) is 10.6 Å². The van der Waals surface area contributed by atoms with Crippen molar-refractivity contribution in [2.75, 3.05) is 45.2 Å². The Morgan fingerprint density at radius 3 is 2.36 bits per heavy atom. The van der Waals surface area contributed by atoms with Crippen molar-refractivity contribution in [3.05, 3.63) is 23.4 Å². The molecule has 0 aliphatic heterocycles. The van der Waals surface area contributed by atoms with Gasteiger partial charge in [-0.15, -0.1) is 0 Å². The van der Waals surface area contributed by atoms with Crippen LogP contribution in [0.5, 0.6) is 0 Å². The molecule has 0 unspecified atom stereocenters. The van der Waals surface area contributed by atoms with Crippen LogP contribution in [0.2, 0.25) is 0 Å². The molecule has 0 aromatic carbocycles. The largest absolute Gasteiger partial charge is 0.412 e. The summed E-state index contributed by atoms with van der Waals surface area (Å²) in [6.45, 7) is 5.33. The number of pyridine rings is 1. The molecule has 6 N–H and O–H groups in total. The molecule has 0 aliphatic carbocycles. The molecule has 1 aromatic rings. The molecular formula is C14H28N4O4. The van der Waals surface area contributed by atoms with Crippen LogP contribution >= 0.6 is 0 Å². The fourth-order valence-electron chi connectivity index (χ4n) is 1.84. The van der Waals surface area contributed by atoms with Gasteiger partial charge in [-0.05, 0) is 45.6 Å². The Labute approximate surface area is 131 Å². The first-order chi connectivity index (χ1) is 9.43. The lowest BCUT2D eigenvalue weighted by Gasteiger charge is -2.24. The number of rotatable bonds is 6. The van der Waals surface area contributed by atoms with Crippen LogP contribution in [0.15, 0.2) is 12.1 Å². The average molecular weight is 316 g/mol. The number of urea groups is 1. The molecule has 0 spiro atoms. The number of anilines is 1. The van der Waals surface area contributed by atoms with Crippen molar-refractivity contribution in [3.8, 4) is 0 Å². The molecule has 0 saturated carbocycles. The lowest BCUT2D eigenvalue weighted by molar-refractivity contribution is 0.238. The van der Waals surface area contributed by atoms with Gasteiger partial charge in [0.2, 0.25) is 0 Å². The average Bonchev–Trinajstić information content (AvgIpc) is 2.35. The molecule has 128 valence electrons. The topological polar surface area (TPSA) is 132 Å².